The summed E-state index contributed by atoms with van der Waals surface area (Å²) in [6, 6.07) is 19.6. The summed E-state index contributed by atoms with van der Waals surface area (Å²) in [6.45, 7) is 0. The van der Waals surface area contributed by atoms with E-state index >= 15 is 0 Å². The quantitative estimate of drug-likeness (QED) is 0.578. The van der Waals surface area contributed by atoms with Crippen molar-refractivity contribution >= 4 is 11.8 Å². The highest BCUT2D eigenvalue weighted by Gasteiger charge is 2.37. The van der Waals surface area contributed by atoms with Crippen molar-refractivity contribution in [2.24, 2.45) is 0 Å². The highest BCUT2D eigenvalue weighted by atomic mass is 16.6. The van der Waals surface area contributed by atoms with Gasteiger partial charge in [0.05, 0.1) is 0 Å². The molecule has 1 unspecified atom stereocenters. The van der Waals surface area contributed by atoms with Crippen LogP contribution in [0.25, 0.3) is 0 Å². The fourth-order valence-electron chi connectivity index (χ4n) is 3.13. The van der Waals surface area contributed by atoms with E-state index in [9.17, 15) is 14.7 Å². The van der Waals surface area contributed by atoms with E-state index in [1.165, 1.54) is 0 Å². The van der Waals surface area contributed by atoms with E-state index in [0.717, 1.165) is 17.5 Å². The summed E-state index contributed by atoms with van der Waals surface area (Å²) in [7, 11) is 0. The molecule has 134 valence electrons. The molecule has 0 spiro atoms. The van der Waals surface area contributed by atoms with Crippen molar-refractivity contribution in [2.75, 3.05) is 0 Å². The van der Waals surface area contributed by atoms with Crippen molar-refractivity contribution in [3.8, 4) is 0 Å². The number of hydrogen-bond donors (Lipinski definition) is 1. The van der Waals surface area contributed by atoms with Crippen molar-refractivity contribution in [3.63, 3.8) is 0 Å². The molecule has 1 aliphatic heterocycles. The Labute approximate surface area is 153 Å². The van der Waals surface area contributed by atoms with Gasteiger partial charge in [-0.2, -0.15) is 0 Å². The van der Waals surface area contributed by atoms with Crippen molar-refractivity contribution in [3.05, 3.63) is 83.1 Å². The van der Waals surface area contributed by atoms with Crippen LogP contribution in [0.3, 0.4) is 0 Å². The number of ether oxygens (including phenoxy) is 1. The lowest BCUT2D eigenvalue weighted by Crippen LogP contribution is -2.13. The second-order valence-corrected chi connectivity index (χ2v) is 6.44. The summed E-state index contributed by atoms with van der Waals surface area (Å²) in [5.41, 5.74) is 2.07. The maximum Gasteiger partial charge on any atom is 0.346 e. The molecule has 3 rings (SSSR count). The molecule has 0 saturated heterocycles. The van der Waals surface area contributed by atoms with E-state index in [0.29, 0.717) is 19.3 Å². The molecule has 0 saturated carbocycles. The summed E-state index contributed by atoms with van der Waals surface area (Å²) in [6.07, 6.45) is 2.00. The number of carbonyl (C=O) groups excluding carboxylic acids is 2. The van der Waals surface area contributed by atoms with Gasteiger partial charge in [-0.25, -0.2) is 4.79 Å². The zero-order valence-electron chi connectivity index (χ0n) is 14.6. The van der Waals surface area contributed by atoms with E-state index in [4.69, 9.17) is 4.74 Å². The number of rotatable bonds is 8. The number of benzene rings is 2. The minimum absolute atomic E-state index is 0.170. The van der Waals surface area contributed by atoms with Crippen LogP contribution in [0.15, 0.2) is 72.0 Å². The summed E-state index contributed by atoms with van der Waals surface area (Å²) in [4.78, 5) is 24.4. The number of aryl methyl sites for hydroxylation is 2. The van der Waals surface area contributed by atoms with Gasteiger partial charge >= 0.3 is 5.97 Å². The second-order valence-electron chi connectivity index (χ2n) is 6.44. The SMILES string of the molecule is O=C(CCCc1ccccc1)C1=C(O)C(CCc2ccccc2)OC1=O. The topological polar surface area (TPSA) is 63.6 Å². The van der Waals surface area contributed by atoms with Gasteiger partial charge in [0.2, 0.25) is 0 Å². The van der Waals surface area contributed by atoms with Crippen LogP contribution >= 0.6 is 0 Å². The first-order chi connectivity index (χ1) is 12.6. The highest BCUT2D eigenvalue weighted by molar-refractivity contribution is 6.19. The average molecular weight is 350 g/mol. The zero-order valence-corrected chi connectivity index (χ0v) is 14.6. The van der Waals surface area contributed by atoms with Gasteiger partial charge in [-0.1, -0.05) is 60.7 Å². The predicted molar refractivity (Wildman–Crippen MR) is 98.7 cm³/mol. The Morgan fingerprint density at radius 1 is 0.923 bits per heavy atom. The van der Waals surface area contributed by atoms with Gasteiger partial charge in [0.1, 0.15) is 5.57 Å². The summed E-state index contributed by atoms with van der Waals surface area (Å²) in [5, 5.41) is 10.3. The Morgan fingerprint density at radius 2 is 1.50 bits per heavy atom. The minimum Gasteiger partial charge on any atom is -0.507 e. The van der Waals surface area contributed by atoms with Gasteiger partial charge in [0, 0.05) is 6.42 Å². The molecule has 0 aliphatic carbocycles. The molecular weight excluding hydrogens is 328 g/mol. The Kier molecular flexibility index (Phi) is 5.84. The first kappa shape index (κ1) is 17.9. The zero-order chi connectivity index (χ0) is 18.4. The molecular formula is C22H22O4. The van der Waals surface area contributed by atoms with E-state index in [-0.39, 0.29) is 23.5 Å². The maximum absolute atomic E-state index is 12.4. The largest absolute Gasteiger partial charge is 0.507 e. The molecule has 1 atom stereocenters. The number of esters is 1. The number of hydrogen-bond acceptors (Lipinski definition) is 4. The third kappa shape index (κ3) is 4.39. The van der Waals surface area contributed by atoms with Crippen LogP contribution in [0.2, 0.25) is 0 Å². The number of aliphatic hydroxyl groups is 1. The normalized spacial score (nSPS) is 16.6. The molecule has 2 aromatic carbocycles. The molecule has 26 heavy (non-hydrogen) atoms. The van der Waals surface area contributed by atoms with E-state index in [1.54, 1.807) is 0 Å². The fraction of sp³-hybridized carbons (Fsp3) is 0.273. The van der Waals surface area contributed by atoms with Gasteiger partial charge in [-0.3, -0.25) is 4.79 Å². The number of cyclic esters (lactones) is 1. The number of aliphatic hydroxyl groups excluding tert-OH is 1. The molecule has 0 fully saturated rings. The second kappa shape index (κ2) is 8.48. The Hall–Kier alpha value is -2.88. The Morgan fingerprint density at radius 3 is 2.12 bits per heavy atom. The van der Waals surface area contributed by atoms with Crippen LogP contribution in [-0.2, 0) is 27.2 Å². The smallest absolute Gasteiger partial charge is 0.346 e. The molecule has 2 aromatic rings. The van der Waals surface area contributed by atoms with Crippen LogP contribution in [0, 0.1) is 0 Å². The van der Waals surface area contributed by atoms with Gasteiger partial charge < -0.3 is 9.84 Å². The lowest BCUT2D eigenvalue weighted by molar-refractivity contribution is -0.141. The van der Waals surface area contributed by atoms with Gasteiger partial charge in [-0.15, -0.1) is 0 Å². The van der Waals surface area contributed by atoms with Crippen LogP contribution in [0.1, 0.15) is 30.4 Å². The van der Waals surface area contributed by atoms with Crippen molar-refractivity contribution in [1.82, 2.24) is 0 Å². The van der Waals surface area contributed by atoms with Crippen molar-refractivity contribution in [1.29, 1.82) is 0 Å². The number of ketones is 1. The van der Waals surface area contributed by atoms with Gasteiger partial charge in [0.25, 0.3) is 0 Å². The van der Waals surface area contributed by atoms with E-state index < -0.39 is 12.1 Å². The first-order valence-corrected chi connectivity index (χ1v) is 8.90. The fourth-order valence-corrected chi connectivity index (χ4v) is 3.13. The van der Waals surface area contributed by atoms with Crippen LogP contribution < -0.4 is 0 Å². The van der Waals surface area contributed by atoms with Crippen molar-refractivity contribution in [2.45, 2.75) is 38.2 Å². The average Bonchev–Trinajstić information content (AvgIpc) is 2.95. The standard InChI is InChI=1S/C22H22O4/c23-18(13-7-12-16-8-3-1-4-9-16)20-21(24)19(26-22(20)25)15-14-17-10-5-2-6-11-17/h1-6,8-11,19,24H,7,12-15H2. The van der Waals surface area contributed by atoms with Gasteiger partial charge in [0.15, 0.2) is 17.6 Å². The van der Waals surface area contributed by atoms with Crippen LogP contribution in [0.4, 0.5) is 0 Å². The molecule has 0 aromatic heterocycles. The van der Waals surface area contributed by atoms with E-state index in [1.807, 2.05) is 60.7 Å². The molecule has 0 radical (unpaired) electrons. The molecule has 4 heteroatoms. The predicted octanol–water partition coefficient (Wildman–Crippen LogP) is 3.95. The monoisotopic (exact) mass is 350 g/mol. The third-order valence-corrected chi connectivity index (χ3v) is 4.54. The molecule has 0 amide bonds. The maximum atomic E-state index is 12.4. The lowest BCUT2D eigenvalue weighted by atomic mass is 10.0. The first-order valence-electron chi connectivity index (χ1n) is 8.90. The molecule has 1 N–H and O–H groups in total. The molecule has 4 nitrogen and oxygen atoms in total. The molecule has 0 bridgehead atoms. The van der Waals surface area contributed by atoms with Crippen LogP contribution in [0.5, 0.6) is 0 Å². The van der Waals surface area contributed by atoms with Gasteiger partial charge in [-0.05, 0) is 36.8 Å². The molecule has 1 aliphatic rings. The Balaban J connectivity index is 1.55. The number of carbonyl (C=O) groups is 2. The lowest BCUT2D eigenvalue weighted by Gasteiger charge is -2.09. The van der Waals surface area contributed by atoms with Crippen molar-refractivity contribution < 1.29 is 19.4 Å². The van der Waals surface area contributed by atoms with E-state index in [2.05, 4.69) is 0 Å². The molecule has 1 heterocycles. The summed E-state index contributed by atoms with van der Waals surface area (Å²) in [5.74, 6) is -1.26. The minimum atomic E-state index is -0.726. The number of Topliss-reactive ketones (excluding diaryl/α,β-unsaturated/α-hetero) is 1. The third-order valence-electron chi connectivity index (χ3n) is 4.54. The summed E-state index contributed by atoms with van der Waals surface area (Å²) < 4.78 is 5.21. The highest BCUT2D eigenvalue weighted by Crippen LogP contribution is 2.26. The van der Waals surface area contributed by atoms with Crippen LogP contribution in [-0.4, -0.2) is 23.0 Å². The Bertz CT molecular complexity index is 793. The summed E-state index contributed by atoms with van der Waals surface area (Å²) >= 11 is 0.